The molecule has 0 aromatic heterocycles. The highest BCUT2D eigenvalue weighted by molar-refractivity contribution is 5.69. The second-order valence-corrected chi connectivity index (χ2v) is 10.5. The number of esters is 1. The maximum atomic E-state index is 11.8. The summed E-state index contributed by atoms with van der Waals surface area (Å²) in [4.78, 5) is 11.8. The average Bonchev–Trinajstić information content (AvgIpc) is 2.84. The summed E-state index contributed by atoms with van der Waals surface area (Å²) in [6.07, 6.45) is 34.5. The lowest BCUT2D eigenvalue weighted by Crippen LogP contribution is -2.05. The standard InChI is InChI=1S/C31H62O3/c1-2-3-4-5-6-16-19-22-25-28-31(33)34-30-27-24-21-18-15-13-11-9-7-8-10-12-14-17-20-23-26-29-32/h32H,2-30H2,1H3. The summed E-state index contributed by atoms with van der Waals surface area (Å²) >= 11 is 0. The lowest BCUT2D eigenvalue weighted by Gasteiger charge is -2.06. The Hall–Kier alpha value is -0.570. The molecule has 3 heteroatoms. The van der Waals surface area contributed by atoms with Crippen molar-refractivity contribution in [3.05, 3.63) is 0 Å². The number of hydrogen-bond donors (Lipinski definition) is 1. The first kappa shape index (κ1) is 33.4. The predicted octanol–water partition coefficient (Wildman–Crippen LogP) is 10.1. The van der Waals surface area contributed by atoms with Crippen LogP contribution in [-0.4, -0.2) is 24.3 Å². The minimum atomic E-state index is 0.0148. The number of hydrogen-bond acceptors (Lipinski definition) is 3. The zero-order chi connectivity index (χ0) is 24.8. The van der Waals surface area contributed by atoms with Gasteiger partial charge in [-0.05, 0) is 19.3 Å². The van der Waals surface area contributed by atoms with Crippen LogP contribution in [0.3, 0.4) is 0 Å². The van der Waals surface area contributed by atoms with E-state index in [-0.39, 0.29) is 5.97 Å². The number of aliphatic hydroxyl groups excluding tert-OH is 1. The van der Waals surface area contributed by atoms with Gasteiger partial charge in [0.2, 0.25) is 0 Å². The van der Waals surface area contributed by atoms with Gasteiger partial charge < -0.3 is 9.84 Å². The van der Waals surface area contributed by atoms with E-state index in [2.05, 4.69) is 6.92 Å². The van der Waals surface area contributed by atoms with Gasteiger partial charge in [-0.3, -0.25) is 4.79 Å². The van der Waals surface area contributed by atoms with Crippen LogP contribution in [-0.2, 0) is 9.53 Å². The van der Waals surface area contributed by atoms with Crippen LogP contribution in [0.25, 0.3) is 0 Å². The Morgan fingerprint density at radius 1 is 0.471 bits per heavy atom. The monoisotopic (exact) mass is 482 g/mol. The molecule has 0 heterocycles. The van der Waals surface area contributed by atoms with Crippen LogP contribution < -0.4 is 0 Å². The molecule has 1 N–H and O–H groups in total. The summed E-state index contributed by atoms with van der Waals surface area (Å²) in [7, 11) is 0. The summed E-state index contributed by atoms with van der Waals surface area (Å²) in [6.45, 7) is 3.24. The van der Waals surface area contributed by atoms with E-state index in [1.165, 1.54) is 148 Å². The second-order valence-electron chi connectivity index (χ2n) is 10.5. The molecule has 204 valence electrons. The average molecular weight is 483 g/mol. The normalized spacial score (nSPS) is 11.2. The predicted molar refractivity (Wildman–Crippen MR) is 148 cm³/mol. The molecular formula is C31H62O3. The summed E-state index contributed by atoms with van der Waals surface area (Å²) in [6, 6.07) is 0. The fourth-order valence-electron chi connectivity index (χ4n) is 4.70. The van der Waals surface area contributed by atoms with Crippen molar-refractivity contribution in [2.45, 2.75) is 180 Å². The minimum Gasteiger partial charge on any atom is -0.466 e. The molecule has 0 spiro atoms. The summed E-state index contributed by atoms with van der Waals surface area (Å²) in [5, 5.41) is 8.76. The maximum Gasteiger partial charge on any atom is 0.305 e. The van der Waals surface area contributed by atoms with Crippen molar-refractivity contribution in [3.63, 3.8) is 0 Å². The number of rotatable bonds is 29. The third kappa shape index (κ3) is 29.5. The summed E-state index contributed by atoms with van der Waals surface area (Å²) in [5.74, 6) is 0.0148. The van der Waals surface area contributed by atoms with E-state index >= 15 is 0 Å². The Bertz CT molecular complexity index is 383. The maximum absolute atomic E-state index is 11.8. The van der Waals surface area contributed by atoms with E-state index in [0.29, 0.717) is 19.6 Å². The Balaban J connectivity index is 3.12. The zero-order valence-corrected chi connectivity index (χ0v) is 23.3. The van der Waals surface area contributed by atoms with E-state index in [9.17, 15) is 4.79 Å². The van der Waals surface area contributed by atoms with Crippen LogP contribution in [0.5, 0.6) is 0 Å². The molecule has 0 amide bonds. The first-order chi connectivity index (χ1) is 16.8. The summed E-state index contributed by atoms with van der Waals surface area (Å²) in [5.41, 5.74) is 0. The van der Waals surface area contributed by atoms with E-state index < -0.39 is 0 Å². The van der Waals surface area contributed by atoms with Gasteiger partial charge in [-0.1, -0.05) is 155 Å². The van der Waals surface area contributed by atoms with E-state index in [0.717, 1.165) is 19.3 Å². The van der Waals surface area contributed by atoms with Crippen LogP contribution in [0.4, 0.5) is 0 Å². The third-order valence-electron chi connectivity index (χ3n) is 7.05. The number of aliphatic hydroxyl groups is 1. The molecule has 0 atom stereocenters. The molecule has 0 rings (SSSR count). The number of carbonyl (C=O) groups is 1. The quantitative estimate of drug-likeness (QED) is 0.0851. The molecule has 0 fully saturated rings. The van der Waals surface area contributed by atoms with Crippen molar-refractivity contribution >= 4 is 5.97 Å². The van der Waals surface area contributed by atoms with Crippen LogP contribution in [0.2, 0.25) is 0 Å². The summed E-state index contributed by atoms with van der Waals surface area (Å²) < 4.78 is 5.39. The van der Waals surface area contributed by atoms with Gasteiger partial charge in [0, 0.05) is 13.0 Å². The van der Waals surface area contributed by atoms with Gasteiger partial charge in [-0.2, -0.15) is 0 Å². The highest BCUT2D eigenvalue weighted by Crippen LogP contribution is 2.14. The van der Waals surface area contributed by atoms with Gasteiger partial charge in [0.05, 0.1) is 6.61 Å². The topological polar surface area (TPSA) is 46.5 Å². The first-order valence-corrected chi connectivity index (χ1v) is 15.6. The molecule has 0 saturated heterocycles. The Morgan fingerprint density at radius 3 is 1.18 bits per heavy atom. The molecule has 0 aliphatic carbocycles. The molecule has 0 aliphatic rings. The molecule has 0 saturated carbocycles. The largest absolute Gasteiger partial charge is 0.466 e. The first-order valence-electron chi connectivity index (χ1n) is 15.6. The van der Waals surface area contributed by atoms with E-state index in [1.807, 2.05) is 0 Å². The lowest BCUT2D eigenvalue weighted by atomic mass is 10.0. The highest BCUT2D eigenvalue weighted by Gasteiger charge is 2.02. The molecule has 0 aromatic rings. The molecule has 0 aliphatic heterocycles. The molecular weight excluding hydrogens is 420 g/mol. The van der Waals surface area contributed by atoms with Crippen molar-refractivity contribution < 1.29 is 14.6 Å². The third-order valence-corrected chi connectivity index (χ3v) is 7.05. The van der Waals surface area contributed by atoms with Crippen LogP contribution >= 0.6 is 0 Å². The van der Waals surface area contributed by atoms with Gasteiger partial charge in [0.1, 0.15) is 0 Å². The van der Waals surface area contributed by atoms with Crippen molar-refractivity contribution in [1.82, 2.24) is 0 Å². The molecule has 34 heavy (non-hydrogen) atoms. The Labute approximate surface area is 214 Å². The SMILES string of the molecule is CCCCCCCCCCCC(=O)OCCCCCCCCCCCCCCCCCCCO. The van der Waals surface area contributed by atoms with Gasteiger partial charge in [0.15, 0.2) is 0 Å². The van der Waals surface area contributed by atoms with Crippen molar-refractivity contribution in [2.24, 2.45) is 0 Å². The number of unbranched alkanes of at least 4 members (excludes halogenated alkanes) is 24. The lowest BCUT2D eigenvalue weighted by molar-refractivity contribution is -0.143. The van der Waals surface area contributed by atoms with Crippen molar-refractivity contribution in [3.8, 4) is 0 Å². The molecule has 0 unspecified atom stereocenters. The van der Waals surface area contributed by atoms with Crippen LogP contribution in [0, 0.1) is 0 Å². The molecule has 0 radical (unpaired) electrons. The number of carbonyl (C=O) groups excluding carboxylic acids is 1. The fourth-order valence-corrected chi connectivity index (χ4v) is 4.70. The molecule has 0 aromatic carbocycles. The molecule has 3 nitrogen and oxygen atoms in total. The smallest absolute Gasteiger partial charge is 0.305 e. The van der Waals surface area contributed by atoms with Gasteiger partial charge in [-0.25, -0.2) is 0 Å². The van der Waals surface area contributed by atoms with Crippen LogP contribution in [0.1, 0.15) is 180 Å². The number of ether oxygens (including phenoxy) is 1. The Morgan fingerprint density at radius 2 is 0.794 bits per heavy atom. The van der Waals surface area contributed by atoms with Crippen molar-refractivity contribution in [1.29, 1.82) is 0 Å². The minimum absolute atomic E-state index is 0.0148. The highest BCUT2D eigenvalue weighted by atomic mass is 16.5. The van der Waals surface area contributed by atoms with Crippen molar-refractivity contribution in [2.75, 3.05) is 13.2 Å². The van der Waals surface area contributed by atoms with E-state index in [4.69, 9.17) is 9.84 Å². The Kier molecular flexibility index (Phi) is 30.0. The fraction of sp³-hybridized carbons (Fsp3) is 0.968. The second kappa shape index (κ2) is 30.5. The van der Waals surface area contributed by atoms with E-state index in [1.54, 1.807) is 0 Å². The van der Waals surface area contributed by atoms with Crippen LogP contribution in [0.15, 0.2) is 0 Å². The van der Waals surface area contributed by atoms with Gasteiger partial charge >= 0.3 is 5.97 Å². The van der Waals surface area contributed by atoms with Gasteiger partial charge in [-0.15, -0.1) is 0 Å². The van der Waals surface area contributed by atoms with Gasteiger partial charge in [0.25, 0.3) is 0 Å². The molecule has 0 bridgehead atoms. The zero-order valence-electron chi connectivity index (χ0n) is 23.3.